The van der Waals surface area contributed by atoms with Crippen LogP contribution < -0.4 is 44.3 Å². The van der Waals surface area contributed by atoms with Gasteiger partial charge in [0.05, 0.1) is 52.7 Å². The number of aromatic nitrogens is 1. The molecular weight excluding hydrogens is 515 g/mol. The quantitative estimate of drug-likeness (QED) is 0.312. The second kappa shape index (κ2) is 12.3. The monoisotopic (exact) mass is 534 g/mol. The van der Waals surface area contributed by atoms with Crippen molar-refractivity contribution in [3.05, 3.63) is 75.9 Å². The first kappa shape index (κ1) is 27.4. The van der Waals surface area contributed by atoms with E-state index in [2.05, 4.69) is 16.0 Å². The standard InChI is InChI=1S/C27H20N4O5S.Na/c28-13-19-11-24(27(32)33)37-25(19)16-36-26-22(14-29)21(18-5-8-35-15-18)12-23(30-26)17-1-3-20(4-2-17)31-6-9-34-10-7-31;/h1-5,8,11-12,15H,6-7,9-10,16H2,(H,32,33);/q;+1/p-1. The van der Waals surface area contributed by atoms with Gasteiger partial charge in [-0.15, -0.1) is 11.3 Å². The average molecular weight is 535 g/mol. The minimum absolute atomic E-state index is 0. The van der Waals surface area contributed by atoms with Crippen LogP contribution in [0.2, 0.25) is 0 Å². The van der Waals surface area contributed by atoms with Crippen molar-refractivity contribution in [3.63, 3.8) is 0 Å². The Labute approximate surface area is 244 Å². The third kappa shape index (κ3) is 5.76. The predicted molar refractivity (Wildman–Crippen MR) is 133 cm³/mol. The number of anilines is 1. The van der Waals surface area contributed by atoms with Crippen LogP contribution in [-0.2, 0) is 11.3 Å². The van der Waals surface area contributed by atoms with Crippen molar-refractivity contribution < 1.29 is 53.3 Å². The van der Waals surface area contributed by atoms with Gasteiger partial charge in [0.15, 0.2) is 0 Å². The number of thiophene rings is 1. The summed E-state index contributed by atoms with van der Waals surface area (Å²) in [6, 6.07) is 16.9. The Kier molecular flexibility index (Phi) is 8.85. The number of aromatic carboxylic acids is 1. The van der Waals surface area contributed by atoms with Crippen molar-refractivity contribution in [2.24, 2.45) is 0 Å². The fourth-order valence-corrected chi connectivity index (χ4v) is 4.92. The van der Waals surface area contributed by atoms with Crippen LogP contribution in [-0.4, -0.2) is 37.3 Å². The molecule has 4 heterocycles. The molecule has 5 rings (SSSR count). The van der Waals surface area contributed by atoms with Crippen LogP contribution >= 0.6 is 11.3 Å². The number of morpholine rings is 1. The molecule has 0 spiro atoms. The van der Waals surface area contributed by atoms with Gasteiger partial charge in [-0.05, 0) is 30.3 Å². The normalized spacial score (nSPS) is 12.7. The van der Waals surface area contributed by atoms with Gasteiger partial charge >= 0.3 is 29.6 Å². The summed E-state index contributed by atoms with van der Waals surface area (Å²) in [7, 11) is 0. The minimum Gasteiger partial charge on any atom is -0.544 e. The zero-order valence-electron chi connectivity index (χ0n) is 20.5. The van der Waals surface area contributed by atoms with Gasteiger partial charge in [0, 0.05) is 35.5 Å². The van der Waals surface area contributed by atoms with Crippen LogP contribution in [0.3, 0.4) is 0 Å². The number of furan rings is 1. The number of carbonyl (C=O) groups excluding carboxylic acids is 1. The van der Waals surface area contributed by atoms with E-state index in [9.17, 15) is 20.4 Å². The zero-order valence-corrected chi connectivity index (χ0v) is 23.3. The van der Waals surface area contributed by atoms with E-state index in [0.29, 0.717) is 34.9 Å². The molecule has 1 aliphatic rings. The largest absolute Gasteiger partial charge is 1.00 e. The minimum atomic E-state index is -1.37. The number of nitrogens with zero attached hydrogens (tertiary/aromatic N) is 4. The zero-order chi connectivity index (χ0) is 25.8. The van der Waals surface area contributed by atoms with Gasteiger partial charge in [-0.25, -0.2) is 4.98 Å². The first-order valence-corrected chi connectivity index (χ1v) is 12.2. The van der Waals surface area contributed by atoms with E-state index in [1.807, 2.05) is 30.3 Å². The number of ether oxygens (including phenoxy) is 2. The summed E-state index contributed by atoms with van der Waals surface area (Å²) in [5.41, 5.74) is 4.12. The summed E-state index contributed by atoms with van der Waals surface area (Å²) < 4.78 is 16.6. The molecular formula is C27H19N4NaO5S. The molecule has 38 heavy (non-hydrogen) atoms. The number of pyridine rings is 1. The number of rotatable bonds is 7. The fraction of sp³-hybridized carbons (Fsp3) is 0.185. The van der Waals surface area contributed by atoms with E-state index in [1.165, 1.54) is 18.6 Å². The molecule has 0 saturated carbocycles. The number of carbonyl (C=O) groups is 1. The predicted octanol–water partition coefficient (Wildman–Crippen LogP) is 0.597. The maximum Gasteiger partial charge on any atom is 1.00 e. The molecule has 0 bridgehead atoms. The number of nitriles is 2. The Morgan fingerprint density at radius 2 is 1.87 bits per heavy atom. The van der Waals surface area contributed by atoms with Crippen molar-refractivity contribution in [3.8, 4) is 40.4 Å². The summed E-state index contributed by atoms with van der Waals surface area (Å²) in [5, 5.41) is 30.6. The molecule has 11 heteroatoms. The van der Waals surface area contributed by atoms with Crippen LogP contribution in [0.4, 0.5) is 5.69 Å². The number of hydrogen-bond acceptors (Lipinski definition) is 10. The topological polar surface area (TPSA) is 135 Å². The maximum absolute atomic E-state index is 11.2. The summed E-state index contributed by atoms with van der Waals surface area (Å²) in [6.45, 7) is 2.90. The van der Waals surface area contributed by atoms with Crippen molar-refractivity contribution >= 4 is 23.0 Å². The van der Waals surface area contributed by atoms with E-state index in [4.69, 9.17) is 13.9 Å². The van der Waals surface area contributed by atoms with Crippen molar-refractivity contribution in [1.29, 1.82) is 10.5 Å². The van der Waals surface area contributed by atoms with Crippen molar-refractivity contribution in [2.45, 2.75) is 6.61 Å². The Hall–Kier alpha value is -3.64. The first-order valence-electron chi connectivity index (χ1n) is 11.3. The Bertz CT molecular complexity index is 1510. The Morgan fingerprint density at radius 3 is 2.50 bits per heavy atom. The summed E-state index contributed by atoms with van der Waals surface area (Å²) >= 11 is 0.894. The summed E-state index contributed by atoms with van der Waals surface area (Å²) in [4.78, 5) is 18.4. The number of carboxylic acids is 1. The SMILES string of the molecule is N#Cc1cc(C(=O)[O-])sc1COc1nc(-c2ccc(N3CCOCC3)cc2)cc(-c2ccoc2)c1C#N.[Na+]. The third-order valence-corrected chi connectivity index (χ3v) is 7.03. The molecule has 0 N–H and O–H groups in total. The molecule has 0 atom stereocenters. The molecule has 3 aromatic heterocycles. The van der Waals surface area contributed by atoms with Gasteiger partial charge in [0.1, 0.15) is 24.3 Å². The molecule has 184 valence electrons. The van der Waals surface area contributed by atoms with Gasteiger partial charge in [-0.3, -0.25) is 0 Å². The molecule has 0 radical (unpaired) electrons. The van der Waals surface area contributed by atoms with Gasteiger partial charge in [0.25, 0.3) is 0 Å². The van der Waals surface area contributed by atoms with Crippen LogP contribution in [0.5, 0.6) is 5.88 Å². The van der Waals surface area contributed by atoms with Crippen LogP contribution in [0, 0.1) is 22.7 Å². The Balaban J connectivity index is 0.00000336. The number of carboxylic acid groups (broad SMARTS) is 1. The van der Waals surface area contributed by atoms with E-state index in [0.717, 1.165) is 35.7 Å². The molecule has 0 aliphatic carbocycles. The average Bonchev–Trinajstić information content (AvgIpc) is 3.62. The second-order valence-electron chi connectivity index (χ2n) is 8.14. The van der Waals surface area contributed by atoms with E-state index >= 15 is 0 Å². The molecule has 1 fully saturated rings. The van der Waals surface area contributed by atoms with Crippen LogP contribution in [0.25, 0.3) is 22.4 Å². The molecule has 1 saturated heterocycles. The van der Waals surface area contributed by atoms with Crippen molar-refractivity contribution in [1.82, 2.24) is 4.98 Å². The Morgan fingerprint density at radius 1 is 1.11 bits per heavy atom. The first-order chi connectivity index (χ1) is 18.1. The second-order valence-corrected chi connectivity index (χ2v) is 9.28. The van der Waals surface area contributed by atoms with Crippen molar-refractivity contribution in [2.75, 3.05) is 31.2 Å². The van der Waals surface area contributed by atoms with Gasteiger partial charge in [0.2, 0.25) is 5.88 Å². The summed E-state index contributed by atoms with van der Waals surface area (Å²) in [6.07, 6.45) is 3.05. The maximum atomic E-state index is 11.2. The van der Waals surface area contributed by atoms with E-state index in [1.54, 1.807) is 12.1 Å². The molecule has 1 aromatic carbocycles. The molecule has 0 amide bonds. The summed E-state index contributed by atoms with van der Waals surface area (Å²) in [5.74, 6) is -1.30. The number of benzene rings is 1. The fourth-order valence-electron chi connectivity index (χ4n) is 4.06. The van der Waals surface area contributed by atoms with Gasteiger partial charge in [-0.1, -0.05) is 12.1 Å². The van der Waals surface area contributed by atoms with Crippen LogP contribution in [0.1, 0.15) is 25.7 Å². The molecule has 0 unspecified atom stereocenters. The smallest absolute Gasteiger partial charge is 0.544 e. The van der Waals surface area contributed by atoms with E-state index in [-0.39, 0.29) is 58.0 Å². The molecule has 1 aliphatic heterocycles. The van der Waals surface area contributed by atoms with Gasteiger partial charge < -0.3 is 28.7 Å². The van der Waals surface area contributed by atoms with E-state index < -0.39 is 5.97 Å². The molecule has 9 nitrogen and oxygen atoms in total. The third-order valence-electron chi connectivity index (χ3n) is 5.94. The number of hydrogen-bond donors (Lipinski definition) is 0. The van der Waals surface area contributed by atoms with Gasteiger partial charge in [-0.2, -0.15) is 10.5 Å². The van der Waals surface area contributed by atoms with Crippen LogP contribution in [0.15, 0.2) is 59.4 Å². The molecule has 4 aromatic rings.